The molecule has 122 valence electrons. The highest BCUT2D eigenvalue weighted by atomic mass is 16.7. The zero-order valence-electron chi connectivity index (χ0n) is 13.3. The minimum atomic E-state index is -0.624. The van der Waals surface area contributed by atoms with E-state index in [1.165, 1.54) is 0 Å². The molecule has 1 aliphatic carbocycles. The van der Waals surface area contributed by atoms with Crippen LogP contribution >= 0.6 is 0 Å². The Balaban J connectivity index is 1.68. The van der Waals surface area contributed by atoms with E-state index < -0.39 is 5.79 Å². The summed E-state index contributed by atoms with van der Waals surface area (Å²) in [6.45, 7) is 4.43. The van der Waals surface area contributed by atoms with Crippen LogP contribution in [0.3, 0.4) is 0 Å². The van der Waals surface area contributed by atoms with Crippen LogP contribution in [-0.4, -0.2) is 35.6 Å². The van der Waals surface area contributed by atoms with Crippen LogP contribution in [0, 0.1) is 0 Å². The fraction of sp³-hybridized carbons (Fsp3) is 0.278. The third-order valence-corrected chi connectivity index (χ3v) is 4.02. The zero-order valence-corrected chi connectivity index (χ0v) is 13.3. The number of ketones is 2. The standard InChI is InChI=1S/C18H15NO5/c1-18(2)22-8-10(9-23-18)7-13-19-14-15(20)11-5-3-4-6-12(11)16(21)17(14)24-13/h3-7H,8-9H2,1-2H3. The predicted octanol–water partition coefficient (Wildman–Crippen LogP) is 2.62. The van der Waals surface area contributed by atoms with Gasteiger partial charge in [-0.15, -0.1) is 0 Å². The molecular formula is C18H15NO5. The summed E-state index contributed by atoms with van der Waals surface area (Å²) in [7, 11) is 0. The lowest BCUT2D eigenvalue weighted by Gasteiger charge is -2.31. The number of hydrogen-bond acceptors (Lipinski definition) is 6. The summed E-state index contributed by atoms with van der Waals surface area (Å²) < 4.78 is 16.6. The third kappa shape index (κ3) is 2.40. The highest BCUT2D eigenvalue weighted by molar-refractivity contribution is 6.26. The summed E-state index contributed by atoms with van der Waals surface area (Å²) in [4.78, 5) is 29.2. The van der Waals surface area contributed by atoms with Gasteiger partial charge in [0.1, 0.15) is 0 Å². The highest BCUT2D eigenvalue weighted by Crippen LogP contribution is 2.28. The normalized spacial score (nSPS) is 19.0. The average molecular weight is 325 g/mol. The Morgan fingerprint density at radius 2 is 1.67 bits per heavy atom. The van der Waals surface area contributed by atoms with Gasteiger partial charge in [-0.3, -0.25) is 9.59 Å². The van der Waals surface area contributed by atoms with Crippen molar-refractivity contribution in [3.8, 4) is 0 Å². The Bertz CT molecular complexity index is 826. The number of aromatic nitrogens is 1. The van der Waals surface area contributed by atoms with E-state index in [0.717, 1.165) is 5.57 Å². The van der Waals surface area contributed by atoms with Crippen molar-refractivity contribution in [3.05, 3.63) is 58.3 Å². The largest absolute Gasteiger partial charge is 0.432 e. The smallest absolute Gasteiger partial charge is 0.231 e. The van der Waals surface area contributed by atoms with Gasteiger partial charge in [0.25, 0.3) is 0 Å². The van der Waals surface area contributed by atoms with Gasteiger partial charge in [0.2, 0.25) is 23.2 Å². The fourth-order valence-corrected chi connectivity index (χ4v) is 2.71. The first-order valence-electron chi connectivity index (χ1n) is 7.61. The zero-order chi connectivity index (χ0) is 16.9. The summed E-state index contributed by atoms with van der Waals surface area (Å²) in [5, 5.41) is 0. The maximum atomic E-state index is 12.5. The van der Waals surface area contributed by atoms with Crippen LogP contribution in [-0.2, 0) is 9.47 Å². The SMILES string of the molecule is CC1(C)OCC(=Cc2nc3c(o2)C(=O)c2ccccc2C3=O)CO1. The first kappa shape index (κ1) is 15.0. The van der Waals surface area contributed by atoms with Gasteiger partial charge in [0.05, 0.1) is 13.2 Å². The van der Waals surface area contributed by atoms with Gasteiger partial charge in [-0.25, -0.2) is 4.98 Å². The van der Waals surface area contributed by atoms with Crippen molar-refractivity contribution < 1.29 is 23.5 Å². The minimum absolute atomic E-state index is 0.0106. The molecule has 0 radical (unpaired) electrons. The Morgan fingerprint density at radius 1 is 1.04 bits per heavy atom. The highest BCUT2D eigenvalue weighted by Gasteiger charge is 2.35. The Morgan fingerprint density at radius 3 is 2.33 bits per heavy atom. The summed E-state index contributed by atoms with van der Waals surface area (Å²) in [5.41, 5.74) is 1.58. The molecule has 6 nitrogen and oxygen atoms in total. The van der Waals surface area contributed by atoms with Crippen molar-refractivity contribution in [1.29, 1.82) is 0 Å². The molecule has 1 saturated heterocycles. The Labute approximate surface area is 138 Å². The van der Waals surface area contributed by atoms with E-state index in [4.69, 9.17) is 13.9 Å². The number of fused-ring (bicyclic) bond motifs is 2. The van der Waals surface area contributed by atoms with Crippen LogP contribution in [0.15, 0.2) is 34.3 Å². The number of oxazole rings is 1. The van der Waals surface area contributed by atoms with Crippen LogP contribution < -0.4 is 0 Å². The molecule has 6 heteroatoms. The molecule has 0 saturated carbocycles. The van der Waals surface area contributed by atoms with Crippen molar-refractivity contribution in [3.63, 3.8) is 0 Å². The van der Waals surface area contributed by atoms with Gasteiger partial charge in [-0.05, 0) is 19.4 Å². The van der Waals surface area contributed by atoms with E-state index in [2.05, 4.69) is 4.98 Å². The molecule has 24 heavy (non-hydrogen) atoms. The fourth-order valence-electron chi connectivity index (χ4n) is 2.71. The maximum absolute atomic E-state index is 12.5. The van der Waals surface area contributed by atoms with Gasteiger partial charge >= 0.3 is 0 Å². The topological polar surface area (TPSA) is 78.6 Å². The number of hydrogen-bond donors (Lipinski definition) is 0. The predicted molar refractivity (Wildman–Crippen MR) is 83.8 cm³/mol. The molecule has 1 fully saturated rings. The van der Waals surface area contributed by atoms with Gasteiger partial charge in [-0.2, -0.15) is 0 Å². The Hall–Kier alpha value is -2.57. The molecule has 1 aromatic carbocycles. The lowest BCUT2D eigenvalue weighted by atomic mass is 9.91. The molecule has 2 aliphatic rings. The minimum Gasteiger partial charge on any atom is -0.432 e. The van der Waals surface area contributed by atoms with Crippen LogP contribution in [0.4, 0.5) is 0 Å². The van der Waals surface area contributed by atoms with E-state index in [0.29, 0.717) is 24.3 Å². The molecule has 1 aliphatic heterocycles. The Kier molecular flexibility index (Phi) is 3.26. The van der Waals surface area contributed by atoms with E-state index in [1.807, 2.05) is 13.8 Å². The number of benzene rings is 1. The van der Waals surface area contributed by atoms with Crippen LogP contribution in [0.2, 0.25) is 0 Å². The third-order valence-electron chi connectivity index (χ3n) is 4.02. The molecule has 2 aromatic rings. The van der Waals surface area contributed by atoms with Gasteiger partial charge in [0, 0.05) is 17.2 Å². The second kappa shape index (κ2) is 5.22. The van der Waals surface area contributed by atoms with Crippen molar-refractivity contribution in [1.82, 2.24) is 4.98 Å². The summed E-state index contributed by atoms with van der Waals surface area (Å²) in [6, 6.07) is 6.67. The van der Waals surface area contributed by atoms with E-state index in [1.54, 1.807) is 30.3 Å². The first-order chi connectivity index (χ1) is 11.4. The molecule has 2 heterocycles. The second-order valence-electron chi connectivity index (χ2n) is 6.21. The van der Waals surface area contributed by atoms with Crippen molar-refractivity contribution >= 4 is 17.6 Å². The van der Waals surface area contributed by atoms with Crippen molar-refractivity contribution in [2.24, 2.45) is 0 Å². The summed E-state index contributed by atoms with van der Waals surface area (Å²) >= 11 is 0. The number of ether oxygens (including phenoxy) is 2. The van der Waals surface area contributed by atoms with Crippen LogP contribution in [0.5, 0.6) is 0 Å². The van der Waals surface area contributed by atoms with Gasteiger partial charge < -0.3 is 13.9 Å². The number of nitrogens with zero attached hydrogens (tertiary/aromatic N) is 1. The quantitative estimate of drug-likeness (QED) is 0.684. The van der Waals surface area contributed by atoms with E-state index in [-0.39, 0.29) is 28.9 Å². The average Bonchev–Trinajstić information content (AvgIpc) is 2.99. The lowest BCUT2D eigenvalue weighted by Crippen LogP contribution is -2.35. The van der Waals surface area contributed by atoms with Crippen molar-refractivity contribution in [2.75, 3.05) is 13.2 Å². The van der Waals surface area contributed by atoms with Crippen LogP contribution in [0.25, 0.3) is 6.08 Å². The maximum Gasteiger partial charge on any atom is 0.231 e. The molecule has 0 amide bonds. The number of rotatable bonds is 1. The van der Waals surface area contributed by atoms with Gasteiger partial charge in [-0.1, -0.05) is 24.3 Å². The monoisotopic (exact) mass is 325 g/mol. The number of carbonyl (C=O) groups is 2. The number of carbonyl (C=O) groups excluding carboxylic acids is 2. The molecule has 0 atom stereocenters. The molecule has 0 N–H and O–H groups in total. The molecule has 0 spiro atoms. The molecule has 0 bridgehead atoms. The van der Waals surface area contributed by atoms with Gasteiger partial charge in [0.15, 0.2) is 11.5 Å². The summed E-state index contributed by atoms with van der Waals surface area (Å²) in [6.07, 6.45) is 1.65. The molecule has 1 aromatic heterocycles. The van der Waals surface area contributed by atoms with Crippen LogP contribution in [0.1, 0.15) is 51.9 Å². The van der Waals surface area contributed by atoms with E-state index in [9.17, 15) is 9.59 Å². The second-order valence-corrected chi connectivity index (χ2v) is 6.21. The van der Waals surface area contributed by atoms with E-state index >= 15 is 0 Å². The molecular weight excluding hydrogens is 310 g/mol. The first-order valence-corrected chi connectivity index (χ1v) is 7.61. The lowest BCUT2D eigenvalue weighted by molar-refractivity contribution is -0.225. The van der Waals surface area contributed by atoms with Crippen molar-refractivity contribution in [2.45, 2.75) is 19.6 Å². The molecule has 4 rings (SSSR count). The molecule has 0 unspecified atom stereocenters. The summed E-state index contributed by atoms with van der Waals surface area (Å²) in [5.74, 6) is -1.05.